The number of hydrogen-bond acceptors (Lipinski definition) is 3. The van der Waals surface area contributed by atoms with Crippen molar-refractivity contribution in [3.05, 3.63) is 53.8 Å². The smallest absolute Gasteiger partial charge is 0.261 e. The molecular weight excluding hydrogens is 293 g/mol. The van der Waals surface area contributed by atoms with Crippen LogP contribution in [0.25, 0.3) is 0 Å². The fraction of sp³-hybridized carbons (Fsp3) is 0.200. The highest BCUT2D eigenvalue weighted by Gasteiger charge is 2.16. The molecule has 6 heteroatoms. The maximum atomic E-state index is 12.8. The standard InChI is InChI=1S/C15H16FNO3S/c1-3-11-10-14(8-9-15(11)20-2)21(18,19)17-13-6-4-12(16)5-7-13/h4-10,17H,3H2,1-2H3. The Bertz CT molecular complexity index is 727. The number of nitrogens with one attached hydrogen (secondary N) is 1. The molecule has 2 aromatic carbocycles. The van der Waals surface area contributed by atoms with Crippen LogP contribution in [0.1, 0.15) is 12.5 Å². The number of methoxy groups -OCH3 is 1. The van der Waals surface area contributed by atoms with Gasteiger partial charge in [0, 0.05) is 5.69 Å². The minimum Gasteiger partial charge on any atom is -0.496 e. The van der Waals surface area contributed by atoms with Gasteiger partial charge in [0.25, 0.3) is 10.0 Å². The first-order valence-electron chi connectivity index (χ1n) is 6.41. The second-order valence-corrected chi connectivity index (χ2v) is 6.12. The maximum Gasteiger partial charge on any atom is 0.261 e. The number of sulfonamides is 1. The molecular formula is C15H16FNO3S. The summed E-state index contributed by atoms with van der Waals surface area (Å²) < 4.78 is 45.0. The van der Waals surface area contributed by atoms with Crippen LogP contribution in [0, 0.1) is 5.82 Å². The summed E-state index contributed by atoms with van der Waals surface area (Å²) in [5, 5.41) is 0. The third-order valence-corrected chi connectivity index (χ3v) is 4.42. The average Bonchev–Trinajstić information content (AvgIpc) is 2.48. The van der Waals surface area contributed by atoms with Crippen LogP contribution in [0.2, 0.25) is 0 Å². The summed E-state index contributed by atoms with van der Waals surface area (Å²) in [6.07, 6.45) is 0.656. The van der Waals surface area contributed by atoms with Gasteiger partial charge in [-0.05, 0) is 54.4 Å². The Labute approximate surface area is 123 Å². The molecule has 0 radical (unpaired) electrons. The van der Waals surface area contributed by atoms with Gasteiger partial charge >= 0.3 is 0 Å². The predicted molar refractivity (Wildman–Crippen MR) is 79.6 cm³/mol. The second kappa shape index (κ2) is 6.13. The highest BCUT2D eigenvalue weighted by atomic mass is 32.2. The number of rotatable bonds is 5. The lowest BCUT2D eigenvalue weighted by molar-refractivity contribution is 0.409. The molecule has 0 aliphatic carbocycles. The van der Waals surface area contributed by atoms with E-state index < -0.39 is 15.8 Å². The van der Waals surface area contributed by atoms with Crippen LogP contribution in [0.3, 0.4) is 0 Å². The number of hydrogen-bond donors (Lipinski definition) is 1. The normalized spacial score (nSPS) is 11.2. The van der Waals surface area contributed by atoms with Crippen LogP contribution >= 0.6 is 0 Å². The number of ether oxygens (including phenoxy) is 1. The molecule has 0 aliphatic rings. The fourth-order valence-electron chi connectivity index (χ4n) is 1.93. The van der Waals surface area contributed by atoms with Gasteiger partial charge in [-0.1, -0.05) is 6.92 Å². The Morgan fingerprint density at radius 1 is 1.14 bits per heavy atom. The van der Waals surface area contributed by atoms with E-state index in [4.69, 9.17) is 4.74 Å². The first-order valence-corrected chi connectivity index (χ1v) is 7.90. The lowest BCUT2D eigenvalue weighted by atomic mass is 10.1. The van der Waals surface area contributed by atoms with Crippen LogP contribution in [-0.4, -0.2) is 15.5 Å². The zero-order valence-electron chi connectivity index (χ0n) is 11.8. The van der Waals surface area contributed by atoms with Gasteiger partial charge in [-0.15, -0.1) is 0 Å². The largest absolute Gasteiger partial charge is 0.496 e. The van der Waals surface area contributed by atoms with Crippen molar-refractivity contribution in [3.63, 3.8) is 0 Å². The van der Waals surface area contributed by atoms with Crippen molar-refractivity contribution in [1.82, 2.24) is 0 Å². The Morgan fingerprint density at radius 3 is 2.38 bits per heavy atom. The molecule has 0 saturated heterocycles. The molecule has 4 nitrogen and oxygen atoms in total. The van der Waals surface area contributed by atoms with Crippen molar-refractivity contribution < 1.29 is 17.5 Å². The third-order valence-electron chi connectivity index (χ3n) is 3.04. The number of halogens is 1. The van der Waals surface area contributed by atoms with Crippen molar-refractivity contribution in [2.24, 2.45) is 0 Å². The van der Waals surface area contributed by atoms with Crippen molar-refractivity contribution in [3.8, 4) is 5.75 Å². The topological polar surface area (TPSA) is 55.4 Å². The average molecular weight is 309 g/mol. The first kappa shape index (κ1) is 15.3. The highest BCUT2D eigenvalue weighted by molar-refractivity contribution is 7.92. The molecule has 0 heterocycles. The Balaban J connectivity index is 2.33. The van der Waals surface area contributed by atoms with Crippen LogP contribution in [-0.2, 0) is 16.4 Å². The summed E-state index contributed by atoms with van der Waals surface area (Å²) in [7, 11) is -2.17. The summed E-state index contributed by atoms with van der Waals surface area (Å²) >= 11 is 0. The predicted octanol–water partition coefficient (Wildman–Crippen LogP) is 3.20. The monoisotopic (exact) mass is 309 g/mol. The molecule has 21 heavy (non-hydrogen) atoms. The molecule has 0 bridgehead atoms. The molecule has 1 N–H and O–H groups in total. The maximum absolute atomic E-state index is 12.8. The fourth-order valence-corrected chi connectivity index (χ4v) is 3.04. The van der Waals surface area contributed by atoms with Crippen molar-refractivity contribution >= 4 is 15.7 Å². The van der Waals surface area contributed by atoms with Gasteiger partial charge in [-0.3, -0.25) is 4.72 Å². The van der Waals surface area contributed by atoms with Crippen molar-refractivity contribution in [2.45, 2.75) is 18.2 Å². The number of anilines is 1. The van der Waals surface area contributed by atoms with E-state index in [1.807, 2.05) is 6.92 Å². The molecule has 112 valence electrons. The van der Waals surface area contributed by atoms with Gasteiger partial charge in [0.1, 0.15) is 11.6 Å². The van der Waals surface area contributed by atoms with E-state index in [2.05, 4.69) is 4.72 Å². The van der Waals surface area contributed by atoms with Gasteiger partial charge < -0.3 is 4.74 Å². The zero-order chi connectivity index (χ0) is 15.5. The second-order valence-electron chi connectivity index (χ2n) is 4.44. The first-order chi connectivity index (χ1) is 9.96. The van der Waals surface area contributed by atoms with Crippen LogP contribution in [0.15, 0.2) is 47.4 Å². The van der Waals surface area contributed by atoms with Gasteiger partial charge in [0.15, 0.2) is 0 Å². The van der Waals surface area contributed by atoms with E-state index in [-0.39, 0.29) is 4.90 Å². The molecule has 0 atom stereocenters. The summed E-state index contributed by atoms with van der Waals surface area (Å²) in [5.41, 5.74) is 1.12. The van der Waals surface area contributed by atoms with E-state index in [0.29, 0.717) is 17.9 Å². The summed E-state index contributed by atoms with van der Waals surface area (Å²) in [6, 6.07) is 9.81. The van der Waals surface area contributed by atoms with Gasteiger partial charge in [-0.25, -0.2) is 12.8 Å². The molecule has 0 spiro atoms. The van der Waals surface area contributed by atoms with E-state index in [1.54, 1.807) is 19.2 Å². The number of benzene rings is 2. The van der Waals surface area contributed by atoms with Crippen LogP contribution < -0.4 is 9.46 Å². The minimum absolute atomic E-state index is 0.143. The number of aryl methyl sites for hydroxylation is 1. The van der Waals surface area contributed by atoms with E-state index in [9.17, 15) is 12.8 Å². The Morgan fingerprint density at radius 2 is 1.81 bits per heavy atom. The van der Waals surface area contributed by atoms with Gasteiger partial charge in [-0.2, -0.15) is 0 Å². The molecule has 0 aliphatic heterocycles. The summed E-state index contributed by atoms with van der Waals surface area (Å²) in [4.78, 5) is 0.143. The molecule has 0 unspecified atom stereocenters. The van der Waals surface area contributed by atoms with Crippen molar-refractivity contribution in [2.75, 3.05) is 11.8 Å². The van der Waals surface area contributed by atoms with E-state index in [1.165, 1.54) is 30.3 Å². The van der Waals surface area contributed by atoms with Crippen LogP contribution in [0.5, 0.6) is 5.75 Å². The molecule has 2 rings (SSSR count). The quantitative estimate of drug-likeness (QED) is 0.923. The lowest BCUT2D eigenvalue weighted by Crippen LogP contribution is -2.13. The van der Waals surface area contributed by atoms with Gasteiger partial charge in [0.2, 0.25) is 0 Å². The summed E-state index contributed by atoms with van der Waals surface area (Å²) in [6.45, 7) is 1.92. The molecule has 0 aromatic heterocycles. The van der Waals surface area contributed by atoms with Gasteiger partial charge in [0.05, 0.1) is 12.0 Å². The molecule has 0 amide bonds. The minimum atomic E-state index is -3.71. The van der Waals surface area contributed by atoms with Crippen molar-refractivity contribution in [1.29, 1.82) is 0 Å². The Hall–Kier alpha value is -2.08. The zero-order valence-corrected chi connectivity index (χ0v) is 12.6. The summed E-state index contributed by atoms with van der Waals surface area (Å²) in [5.74, 6) is 0.230. The van der Waals surface area contributed by atoms with E-state index >= 15 is 0 Å². The lowest BCUT2D eigenvalue weighted by Gasteiger charge is -2.11. The SMILES string of the molecule is CCc1cc(S(=O)(=O)Nc2ccc(F)cc2)ccc1OC. The molecule has 0 fully saturated rings. The third kappa shape index (κ3) is 3.52. The Kier molecular flexibility index (Phi) is 4.47. The van der Waals surface area contributed by atoms with Crippen LogP contribution in [0.4, 0.5) is 10.1 Å². The van der Waals surface area contributed by atoms with E-state index in [0.717, 1.165) is 5.56 Å². The highest BCUT2D eigenvalue weighted by Crippen LogP contribution is 2.24. The molecule has 0 saturated carbocycles. The molecule has 2 aromatic rings.